The Morgan fingerprint density at radius 1 is 1.02 bits per heavy atom. The van der Waals surface area contributed by atoms with E-state index in [2.05, 4.69) is 56.7 Å². The maximum atomic E-state index is 12.8. The summed E-state index contributed by atoms with van der Waals surface area (Å²) in [7, 11) is -3.48. The number of nitrogens with one attached hydrogen (secondary N) is 1. The lowest BCUT2D eigenvalue weighted by atomic mass is 9.88. The van der Waals surface area contributed by atoms with Gasteiger partial charge in [-0.1, -0.05) is 48.5 Å². The summed E-state index contributed by atoms with van der Waals surface area (Å²) >= 11 is 3.60. The Morgan fingerprint density at radius 2 is 1.73 bits per heavy atom. The fourth-order valence-electron chi connectivity index (χ4n) is 5.30. The molecule has 0 spiro atoms. The Labute approximate surface area is 242 Å². The van der Waals surface area contributed by atoms with Gasteiger partial charge in [0.1, 0.15) is 5.82 Å². The van der Waals surface area contributed by atoms with Gasteiger partial charge in [-0.2, -0.15) is 9.61 Å². The van der Waals surface area contributed by atoms with Crippen LogP contribution in [0.5, 0.6) is 0 Å². The highest BCUT2D eigenvalue weighted by atomic mass is 79.9. The molecule has 1 aliphatic carbocycles. The summed E-state index contributed by atoms with van der Waals surface area (Å²) in [5, 5.41) is 8.18. The lowest BCUT2D eigenvalue weighted by Crippen LogP contribution is -2.43. The molecule has 0 unspecified atom stereocenters. The molecule has 40 heavy (non-hydrogen) atoms. The predicted octanol–water partition coefficient (Wildman–Crippen LogP) is 5.60. The predicted molar refractivity (Wildman–Crippen MR) is 160 cm³/mol. The smallest absolute Gasteiger partial charge is 0.223 e. The summed E-state index contributed by atoms with van der Waals surface area (Å²) in [5.41, 5.74) is 5.29. The Kier molecular flexibility index (Phi) is 7.46. The van der Waals surface area contributed by atoms with Crippen LogP contribution < -0.4 is 5.32 Å². The van der Waals surface area contributed by atoms with E-state index in [9.17, 15) is 13.2 Å². The van der Waals surface area contributed by atoms with Crippen molar-refractivity contribution in [3.63, 3.8) is 0 Å². The minimum Gasteiger partial charge on any atom is -0.367 e. The molecule has 1 N–H and O–H groups in total. The van der Waals surface area contributed by atoms with Crippen molar-refractivity contribution < 1.29 is 13.2 Å². The van der Waals surface area contributed by atoms with Crippen LogP contribution in [0.15, 0.2) is 82.3 Å². The molecule has 2 aromatic carbocycles. The monoisotopic (exact) mass is 619 g/mol. The van der Waals surface area contributed by atoms with Crippen LogP contribution in [0.4, 0.5) is 5.82 Å². The van der Waals surface area contributed by atoms with E-state index >= 15 is 0 Å². The second-order valence-electron chi connectivity index (χ2n) is 10.2. The Hall–Kier alpha value is -3.50. The highest BCUT2D eigenvalue weighted by Crippen LogP contribution is 2.36. The lowest BCUT2D eigenvalue weighted by Gasteiger charge is -2.33. The van der Waals surface area contributed by atoms with E-state index in [1.807, 2.05) is 10.6 Å². The molecule has 8 nitrogen and oxygen atoms in total. The standard InChI is InChI=1S/C30H30BrN5O3S/c31-26-20-32-36-28(19-27(34-30(26)36)25-12-5-4-11-24(25)21-7-6-8-21)33-22-13-16-35(17-14-22)29(37)15-18-40(38,39)23-9-2-1-3-10-23/h1-5,7,9-12,19-20,22,33H,6,8,13-18H2. The zero-order valence-electron chi connectivity index (χ0n) is 22.0. The number of sulfone groups is 1. The van der Waals surface area contributed by atoms with Crippen molar-refractivity contribution >= 4 is 48.7 Å². The first-order valence-electron chi connectivity index (χ1n) is 13.5. The first kappa shape index (κ1) is 26.7. The number of rotatable bonds is 8. The highest BCUT2D eigenvalue weighted by molar-refractivity contribution is 9.10. The molecule has 6 rings (SSSR count). The van der Waals surface area contributed by atoms with Crippen LogP contribution >= 0.6 is 15.9 Å². The second kappa shape index (κ2) is 11.2. The topological polar surface area (TPSA) is 96.7 Å². The number of nitrogens with zero attached hydrogens (tertiary/aromatic N) is 4. The van der Waals surface area contributed by atoms with Crippen LogP contribution in [0.25, 0.3) is 22.5 Å². The molecule has 3 heterocycles. The summed E-state index contributed by atoms with van der Waals surface area (Å²) < 4.78 is 27.8. The first-order valence-corrected chi connectivity index (χ1v) is 16.0. The summed E-state index contributed by atoms with van der Waals surface area (Å²) in [5.74, 6) is 0.546. The van der Waals surface area contributed by atoms with Crippen molar-refractivity contribution in [3.05, 3.63) is 83.0 Å². The minimum absolute atomic E-state index is 0.0131. The van der Waals surface area contributed by atoms with E-state index in [0.29, 0.717) is 13.1 Å². The number of halogens is 1. The zero-order valence-corrected chi connectivity index (χ0v) is 24.4. The average molecular weight is 621 g/mol. The van der Waals surface area contributed by atoms with Gasteiger partial charge in [-0.05, 0) is 64.9 Å². The number of carbonyl (C=O) groups is 1. The third kappa shape index (κ3) is 5.42. The third-order valence-corrected chi connectivity index (χ3v) is 9.96. The van der Waals surface area contributed by atoms with Gasteiger partial charge in [0.25, 0.3) is 0 Å². The SMILES string of the molecule is O=C(CCS(=O)(=O)c1ccccc1)N1CCC(Nc2cc(-c3ccccc3C3=CCC3)nc3c(Br)cnn23)CC1. The van der Waals surface area contributed by atoms with Gasteiger partial charge in [0.15, 0.2) is 15.5 Å². The molecular formula is C30H30BrN5O3S. The van der Waals surface area contributed by atoms with E-state index in [0.717, 1.165) is 52.9 Å². The number of fused-ring (bicyclic) bond motifs is 1. The molecule has 1 aliphatic heterocycles. The van der Waals surface area contributed by atoms with Gasteiger partial charge in [-0.25, -0.2) is 13.4 Å². The normalized spacial score (nSPS) is 16.0. The Morgan fingerprint density at radius 3 is 2.42 bits per heavy atom. The largest absolute Gasteiger partial charge is 0.367 e. The maximum Gasteiger partial charge on any atom is 0.223 e. The molecule has 4 aromatic rings. The molecule has 0 bridgehead atoms. The summed E-state index contributed by atoms with van der Waals surface area (Å²) in [6.45, 7) is 1.14. The molecule has 1 saturated heterocycles. The van der Waals surface area contributed by atoms with Crippen molar-refractivity contribution in [1.29, 1.82) is 0 Å². The summed E-state index contributed by atoms with van der Waals surface area (Å²) in [4.78, 5) is 19.8. The van der Waals surface area contributed by atoms with Crippen LogP contribution in [0.1, 0.15) is 37.7 Å². The van der Waals surface area contributed by atoms with Crippen molar-refractivity contribution in [1.82, 2.24) is 19.5 Å². The second-order valence-corrected chi connectivity index (χ2v) is 13.2. The van der Waals surface area contributed by atoms with Crippen molar-refractivity contribution in [3.8, 4) is 11.3 Å². The molecule has 2 aliphatic rings. The average Bonchev–Trinajstić information content (AvgIpc) is 3.33. The molecular weight excluding hydrogens is 590 g/mol. The van der Waals surface area contributed by atoms with Gasteiger partial charge in [-0.15, -0.1) is 0 Å². The lowest BCUT2D eigenvalue weighted by molar-refractivity contribution is -0.131. The number of hydrogen-bond donors (Lipinski definition) is 1. The van der Waals surface area contributed by atoms with Crippen molar-refractivity contribution in [2.45, 2.75) is 43.0 Å². The number of hydrogen-bond acceptors (Lipinski definition) is 6. The fraction of sp³-hybridized carbons (Fsp3) is 0.300. The van der Waals surface area contributed by atoms with Gasteiger partial charge in [-0.3, -0.25) is 4.79 Å². The summed E-state index contributed by atoms with van der Waals surface area (Å²) in [6, 6.07) is 18.9. The fourth-order valence-corrected chi connectivity index (χ4v) is 6.90. The zero-order chi connectivity index (χ0) is 27.7. The molecule has 0 saturated carbocycles. The number of piperidine rings is 1. The Bertz CT molecular complexity index is 1690. The minimum atomic E-state index is -3.48. The van der Waals surface area contributed by atoms with Gasteiger partial charge >= 0.3 is 0 Å². The number of anilines is 1. The summed E-state index contributed by atoms with van der Waals surface area (Å²) in [6.07, 6.45) is 7.71. The molecule has 1 fully saturated rings. The number of allylic oxidation sites excluding steroid dienone is 2. The van der Waals surface area contributed by atoms with Crippen LogP contribution in [0.3, 0.4) is 0 Å². The highest BCUT2D eigenvalue weighted by Gasteiger charge is 2.26. The van der Waals surface area contributed by atoms with E-state index in [1.54, 1.807) is 41.4 Å². The van der Waals surface area contributed by atoms with E-state index in [-0.39, 0.29) is 29.0 Å². The van der Waals surface area contributed by atoms with Crippen LogP contribution in [-0.4, -0.2) is 58.7 Å². The number of benzene rings is 2. The van der Waals surface area contributed by atoms with Crippen LogP contribution in [-0.2, 0) is 14.6 Å². The number of likely N-dealkylation sites (tertiary alicyclic amines) is 1. The molecule has 0 radical (unpaired) electrons. The van der Waals surface area contributed by atoms with Gasteiger partial charge in [0, 0.05) is 37.2 Å². The number of aromatic nitrogens is 3. The van der Waals surface area contributed by atoms with Crippen molar-refractivity contribution in [2.75, 3.05) is 24.2 Å². The number of amides is 1. The maximum absolute atomic E-state index is 12.8. The van der Waals surface area contributed by atoms with Crippen LogP contribution in [0.2, 0.25) is 0 Å². The molecule has 2 aromatic heterocycles. The van der Waals surface area contributed by atoms with Gasteiger partial charge in [0.05, 0.1) is 27.0 Å². The quantitative estimate of drug-likeness (QED) is 0.276. The molecule has 206 valence electrons. The van der Waals surface area contributed by atoms with E-state index in [4.69, 9.17) is 4.98 Å². The van der Waals surface area contributed by atoms with E-state index in [1.165, 1.54) is 11.1 Å². The van der Waals surface area contributed by atoms with Gasteiger partial charge < -0.3 is 10.2 Å². The van der Waals surface area contributed by atoms with Crippen LogP contribution in [0, 0.1) is 0 Å². The molecule has 0 atom stereocenters. The number of carbonyl (C=O) groups excluding carboxylic acids is 1. The first-order chi connectivity index (χ1) is 19.4. The molecule has 1 amide bonds. The third-order valence-electron chi connectivity index (χ3n) is 7.67. The van der Waals surface area contributed by atoms with Crippen molar-refractivity contribution in [2.24, 2.45) is 0 Å². The van der Waals surface area contributed by atoms with E-state index < -0.39 is 9.84 Å². The Balaban J connectivity index is 1.14. The van der Waals surface area contributed by atoms with Gasteiger partial charge in [0.2, 0.25) is 5.91 Å². The molecule has 10 heteroatoms.